The Hall–Kier alpha value is -2.96. The number of benzene rings is 1. The summed E-state index contributed by atoms with van der Waals surface area (Å²) in [6.07, 6.45) is 6.55. The minimum absolute atomic E-state index is 0.0486. The highest BCUT2D eigenvalue weighted by Gasteiger charge is 2.38. The molecule has 1 atom stereocenters. The van der Waals surface area contributed by atoms with Gasteiger partial charge in [0.05, 0.1) is 21.9 Å². The molecule has 2 aromatic heterocycles. The van der Waals surface area contributed by atoms with Gasteiger partial charge in [0, 0.05) is 31.9 Å². The van der Waals surface area contributed by atoms with E-state index in [4.69, 9.17) is 5.26 Å². The van der Waals surface area contributed by atoms with Crippen molar-refractivity contribution in [3.8, 4) is 6.07 Å². The SMILES string of the molecule is N#Cc1cccc(S(=O)(=O)N2CCC(N(CC3CC3)c3ncnc4[nH]ccc34)C2)c1. The fourth-order valence-electron chi connectivity index (χ4n) is 4.13. The highest BCUT2D eigenvalue weighted by molar-refractivity contribution is 7.89. The van der Waals surface area contributed by atoms with Gasteiger partial charge in [0.1, 0.15) is 17.8 Å². The average Bonchev–Trinajstić information content (AvgIpc) is 3.24. The maximum atomic E-state index is 13.2. The van der Waals surface area contributed by atoms with Crippen LogP contribution in [0.5, 0.6) is 0 Å². The minimum Gasteiger partial charge on any atom is -0.351 e. The number of aromatic nitrogens is 3. The zero-order valence-electron chi connectivity index (χ0n) is 16.4. The molecule has 5 rings (SSSR count). The Morgan fingerprint density at radius 2 is 2.10 bits per heavy atom. The normalized spacial score (nSPS) is 19.8. The van der Waals surface area contributed by atoms with Crippen molar-refractivity contribution >= 4 is 26.9 Å². The Morgan fingerprint density at radius 1 is 1.23 bits per heavy atom. The number of sulfonamides is 1. The third kappa shape index (κ3) is 3.42. The van der Waals surface area contributed by atoms with Crippen molar-refractivity contribution < 1.29 is 8.42 Å². The van der Waals surface area contributed by atoms with Gasteiger partial charge in [0.15, 0.2) is 0 Å². The lowest BCUT2D eigenvalue weighted by Gasteiger charge is -2.30. The van der Waals surface area contributed by atoms with Crippen molar-refractivity contribution in [1.29, 1.82) is 5.26 Å². The molecular formula is C21H22N6O2S. The van der Waals surface area contributed by atoms with Gasteiger partial charge in [-0.1, -0.05) is 6.07 Å². The molecule has 2 fully saturated rings. The third-order valence-electron chi connectivity index (χ3n) is 5.92. The monoisotopic (exact) mass is 422 g/mol. The molecule has 1 saturated carbocycles. The number of hydrogen-bond acceptors (Lipinski definition) is 6. The van der Waals surface area contributed by atoms with Gasteiger partial charge >= 0.3 is 0 Å². The lowest BCUT2D eigenvalue weighted by Crippen LogP contribution is -2.40. The number of anilines is 1. The lowest BCUT2D eigenvalue weighted by molar-refractivity contribution is 0.467. The van der Waals surface area contributed by atoms with Crippen LogP contribution in [0.3, 0.4) is 0 Å². The Balaban J connectivity index is 1.44. The molecule has 154 valence electrons. The molecule has 1 unspecified atom stereocenters. The number of hydrogen-bond donors (Lipinski definition) is 1. The minimum atomic E-state index is -3.65. The molecule has 0 radical (unpaired) electrons. The number of H-pyrrole nitrogens is 1. The van der Waals surface area contributed by atoms with Crippen molar-refractivity contribution in [2.75, 3.05) is 24.5 Å². The quantitative estimate of drug-likeness (QED) is 0.654. The Kier molecular flexibility index (Phi) is 4.68. The Morgan fingerprint density at radius 3 is 2.90 bits per heavy atom. The molecule has 30 heavy (non-hydrogen) atoms. The number of aromatic amines is 1. The molecule has 8 nitrogen and oxygen atoms in total. The summed E-state index contributed by atoms with van der Waals surface area (Å²) in [7, 11) is -3.65. The summed E-state index contributed by atoms with van der Waals surface area (Å²) < 4.78 is 27.9. The van der Waals surface area contributed by atoms with E-state index in [-0.39, 0.29) is 10.9 Å². The van der Waals surface area contributed by atoms with Crippen LogP contribution < -0.4 is 4.90 Å². The molecular weight excluding hydrogens is 400 g/mol. The van der Waals surface area contributed by atoms with Crippen LogP contribution in [0.4, 0.5) is 5.82 Å². The molecule has 3 heterocycles. The van der Waals surface area contributed by atoms with Crippen molar-refractivity contribution in [2.45, 2.75) is 30.2 Å². The molecule has 0 spiro atoms. The smallest absolute Gasteiger partial charge is 0.243 e. The van der Waals surface area contributed by atoms with Gasteiger partial charge in [-0.2, -0.15) is 9.57 Å². The molecule has 1 aliphatic heterocycles. The van der Waals surface area contributed by atoms with E-state index in [0.29, 0.717) is 24.6 Å². The van der Waals surface area contributed by atoms with Crippen molar-refractivity contribution in [1.82, 2.24) is 19.3 Å². The first-order valence-corrected chi connectivity index (χ1v) is 11.6. The van der Waals surface area contributed by atoms with Gasteiger partial charge in [-0.3, -0.25) is 0 Å². The van der Waals surface area contributed by atoms with Gasteiger partial charge in [-0.25, -0.2) is 18.4 Å². The van der Waals surface area contributed by atoms with Crippen LogP contribution in [0.15, 0.2) is 47.8 Å². The first kappa shape index (κ1) is 19.0. The van der Waals surface area contributed by atoms with Crippen LogP contribution in [0.25, 0.3) is 11.0 Å². The zero-order chi connectivity index (χ0) is 20.7. The van der Waals surface area contributed by atoms with Crippen LogP contribution in [-0.4, -0.2) is 53.4 Å². The Labute approximate surface area is 175 Å². The average molecular weight is 423 g/mol. The molecule has 9 heteroatoms. The Bertz CT molecular complexity index is 1230. The van der Waals surface area contributed by atoms with E-state index in [2.05, 4.69) is 19.9 Å². The van der Waals surface area contributed by atoms with Gasteiger partial charge < -0.3 is 9.88 Å². The summed E-state index contributed by atoms with van der Waals surface area (Å²) in [5, 5.41) is 10.1. The summed E-state index contributed by atoms with van der Waals surface area (Å²) in [4.78, 5) is 14.4. The zero-order valence-corrected chi connectivity index (χ0v) is 17.2. The van der Waals surface area contributed by atoms with E-state index in [9.17, 15) is 8.42 Å². The van der Waals surface area contributed by atoms with E-state index in [0.717, 1.165) is 29.8 Å². The molecule has 1 aromatic carbocycles. The van der Waals surface area contributed by atoms with Gasteiger partial charge in [0.25, 0.3) is 0 Å². The molecule has 3 aromatic rings. The maximum Gasteiger partial charge on any atom is 0.243 e. The predicted octanol–water partition coefficient (Wildman–Crippen LogP) is 2.51. The number of fused-ring (bicyclic) bond motifs is 1. The van der Waals surface area contributed by atoms with E-state index in [1.807, 2.05) is 18.3 Å². The highest BCUT2D eigenvalue weighted by Crippen LogP contribution is 2.36. The van der Waals surface area contributed by atoms with Crippen molar-refractivity contribution in [2.24, 2.45) is 5.92 Å². The van der Waals surface area contributed by atoms with Crippen LogP contribution in [0.1, 0.15) is 24.8 Å². The van der Waals surface area contributed by atoms with Crippen molar-refractivity contribution in [3.05, 3.63) is 48.4 Å². The maximum absolute atomic E-state index is 13.2. The van der Waals surface area contributed by atoms with Crippen LogP contribution in [0.2, 0.25) is 0 Å². The number of nitriles is 1. The van der Waals surface area contributed by atoms with Gasteiger partial charge in [-0.15, -0.1) is 0 Å². The van der Waals surface area contributed by atoms with Gasteiger partial charge in [0.2, 0.25) is 10.0 Å². The molecule has 2 aliphatic rings. The van der Waals surface area contributed by atoms with Crippen LogP contribution in [-0.2, 0) is 10.0 Å². The summed E-state index contributed by atoms with van der Waals surface area (Å²) in [5.74, 6) is 1.50. The topological polar surface area (TPSA) is 106 Å². The van der Waals surface area contributed by atoms with E-state index in [1.165, 1.54) is 23.2 Å². The second-order valence-electron chi connectivity index (χ2n) is 7.98. The standard InChI is InChI=1S/C21H22N6O2S/c22-11-16-2-1-3-18(10-16)30(28,29)26-9-7-17(13-26)27(12-15-4-5-15)21-19-6-8-23-20(19)24-14-25-21/h1-3,6,8,10,14-15,17H,4-5,7,9,12-13H2,(H,23,24,25). The van der Waals surface area contributed by atoms with E-state index >= 15 is 0 Å². The summed E-state index contributed by atoms with van der Waals surface area (Å²) in [6.45, 7) is 1.73. The van der Waals surface area contributed by atoms with Gasteiger partial charge in [-0.05, 0) is 49.4 Å². The molecule has 0 bridgehead atoms. The van der Waals surface area contributed by atoms with Crippen LogP contribution in [0, 0.1) is 17.2 Å². The molecule has 0 amide bonds. The van der Waals surface area contributed by atoms with E-state index < -0.39 is 10.0 Å². The second-order valence-corrected chi connectivity index (χ2v) is 9.92. The fourth-order valence-corrected chi connectivity index (χ4v) is 5.67. The molecule has 1 N–H and O–H groups in total. The predicted molar refractivity (Wildman–Crippen MR) is 112 cm³/mol. The number of nitrogens with zero attached hydrogens (tertiary/aromatic N) is 5. The van der Waals surface area contributed by atoms with E-state index in [1.54, 1.807) is 24.5 Å². The number of rotatable bonds is 6. The first-order chi connectivity index (χ1) is 14.6. The lowest BCUT2D eigenvalue weighted by atomic mass is 10.2. The summed E-state index contributed by atoms with van der Waals surface area (Å²) >= 11 is 0. The van der Waals surface area contributed by atoms with Crippen LogP contribution >= 0.6 is 0 Å². The molecule has 1 aliphatic carbocycles. The second kappa shape index (κ2) is 7.38. The first-order valence-electron chi connectivity index (χ1n) is 10.1. The highest BCUT2D eigenvalue weighted by atomic mass is 32.2. The fraction of sp³-hybridized carbons (Fsp3) is 0.381. The summed E-state index contributed by atoms with van der Waals surface area (Å²) in [5.41, 5.74) is 1.13. The molecule has 1 saturated heterocycles. The van der Waals surface area contributed by atoms with Crippen molar-refractivity contribution in [3.63, 3.8) is 0 Å². The largest absolute Gasteiger partial charge is 0.351 e. The third-order valence-corrected chi connectivity index (χ3v) is 7.79. The summed E-state index contributed by atoms with van der Waals surface area (Å²) in [6, 6.07) is 10.3. The number of nitrogens with one attached hydrogen (secondary N) is 1.